The molecule has 0 spiro atoms. The third-order valence-electron chi connectivity index (χ3n) is 5.81. The molecule has 2 atom stereocenters. The summed E-state index contributed by atoms with van der Waals surface area (Å²) in [4.78, 5) is 20.1. The summed E-state index contributed by atoms with van der Waals surface area (Å²) >= 11 is 0. The second-order valence-electron chi connectivity index (χ2n) is 7.62. The molecule has 30 heavy (non-hydrogen) atoms. The van der Waals surface area contributed by atoms with Crippen LogP contribution in [0, 0.1) is 11.6 Å². The first-order valence-corrected chi connectivity index (χ1v) is 9.79. The van der Waals surface area contributed by atoms with Gasteiger partial charge in [0.1, 0.15) is 35.1 Å². The largest absolute Gasteiger partial charge is 0.351 e. The van der Waals surface area contributed by atoms with Crippen LogP contribution in [0.25, 0.3) is 28.4 Å². The van der Waals surface area contributed by atoms with Gasteiger partial charge in [0.05, 0.1) is 5.56 Å². The number of anilines is 1. The predicted molar refractivity (Wildman–Crippen MR) is 107 cm³/mol. The number of nitrogens with zero attached hydrogens (tertiary/aromatic N) is 6. The van der Waals surface area contributed by atoms with Crippen LogP contribution in [0.5, 0.6) is 0 Å². The molecule has 2 aliphatic heterocycles. The van der Waals surface area contributed by atoms with Crippen LogP contribution in [0.3, 0.4) is 0 Å². The van der Waals surface area contributed by atoms with Gasteiger partial charge in [-0.05, 0) is 36.8 Å². The van der Waals surface area contributed by atoms with Crippen molar-refractivity contribution in [2.24, 2.45) is 0 Å². The van der Waals surface area contributed by atoms with Gasteiger partial charge in [-0.1, -0.05) is 0 Å². The van der Waals surface area contributed by atoms with E-state index in [1.54, 1.807) is 16.8 Å². The monoisotopic (exact) mass is 405 g/mol. The van der Waals surface area contributed by atoms with Gasteiger partial charge >= 0.3 is 0 Å². The number of fused-ring (bicyclic) bond motifs is 3. The maximum Gasteiger partial charge on any atom is 0.168 e. The highest BCUT2D eigenvalue weighted by Gasteiger charge is 2.38. The highest BCUT2D eigenvalue weighted by Crippen LogP contribution is 2.33. The van der Waals surface area contributed by atoms with E-state index in [1.807, 2.05) is 12.1 Å². The lowest BCUT2D eigenvalue weighted by atomic mass is 10.2. The van der Waals surface area contributed by atoms with Gasteiger partial charge in [-0.25, -0.2) is 28.7 Å². The molecule has 2 bridgehead atoms. The van der Waals surface area contributed by atoms with Crippen molar-refractivity contribution in [3.8, 4) is 17.2 Å². The van der Waals surface area contributed by atoms with Crippen molar-refractivity contribution < 1.29 is 8.78 Å². The maximum absolute atomic E-state index is 14.6. The molecule has 0 amide bonds. The highest BCUT2D eigenvalue weighted by molar-refractivity contribution is 5.81. The van der Waals surface area contributed by atoms with E-state index >= 15 is 0 Å². The fourth-order valence-corrected chi connectivity index (χ4v) is 4.43. The molecular formula is C21H17F2N7. The molecule has 9 heteroatoms. The van der Waals surface area contributed by atoms with Gasteiger partial charge in [0.15, 0.2) is 11.5 Å². The van der Waals surface area contributed by atoms with Gasteiger partial charge in [-0.15, -0.1) is 0 Å². The Morgan fingerprint density at radius 1 is 1.03 bits per heavy atom. The lowest BCUT2D eigenvalue weighted by molar-refractivity contribution is 0.577. The lowest BCUT2D eigenvalue weighted by Crippen LogP contribution is -2.44. The van der Waals surface area contributed by atoms with Crippen LogP contribution in [0.15, 0.2) is 48.9 Å². The summed E-state index contributed by atoms with van der Waals surface area (Å²) < 4.78 is 29.8. The molecule has 2 fully saturated rings. The summed E-state index contributed by atoms with van der Waals surface area (Å²) in [6.07, 6.45) is 4.13. The number of hydrogen-bond donors (Lipinski definition) is 1. The average molecular weight is 405 g/mol. The zero-order valence-corrected chi connectivity index (χ0v) is 15.8. The standard InChI is InChI=1S/C21H17F2N7/c22-12-1-2-15(16(23)7-12)20-27-17-3-4-19(29-10-13-8-14(29)9-25-13)28-21(17)30(20)18-5-6-24-11-26-18/h1-7,11,13-14,25H,8-10H2. The molecule has 2 saturated heterocycles. The van der Waals surface area contributed by atoms with Crippen LogP contribution in [-0.2, 0) is 0 Å². The van der Waals surface area contributed by atoms with Crippen LogP contribution in [0.1, 0.15) is 6.42 Å². The predicted octanol–water partition coefficient (Wildman–Crippen LogP) is 2.71. The first-order chi connectivity index (χ1) is 14.7. The zero-order valence-electron chi connectivity index (χ0n) is 15.8. The van der Waals surface area contributed by atoms with Gasteiger partial charge < -0.3 is 10.2 Å². The van der Waals surface area contributed by atoms with Crippen molar-refractivity contribution in [3.05, 3.63) is 60.6 Å². The number of piperazine rings is 1. The molecule has 4 aromatic rings. The molecule has 7 nitrogen and oxygen atoms in total. The number of hydrogen-bond acceptors (Lipinski definition) is 6. The van der Waals surface area contributed by atoms with E-state index in [4.69, 9.17) is 4.98 Å². The Hall–Kier alpha value is -3.46. The summed E-state index contributed by atoms with van der Waals surface area (Å²) in [6, 6.07) is 9.91. The number of rotatable bonds is 3. The number of halogens is 2. The molecule has 150 valence electrons. The molecule has 2 aliphatic rings. The minimum absolute atomic E-state index is 0.180. The van der Waals surface area contributed by atoms with Gasteiger partial charge in [0, 0.05) is 37.4 Å². The SMILES string of the molecule is Fc1ccc(-c2nc3ccc(N4CC5CC4CN5)nc3n2-c2ccncn2)c(F)c1. The minimum Gasteiger partial charge on any atom is -0.351 e. The second kappa shape index (κ2) is 6.53. The third-order valence-corrected chi connectivity index (χ3v) is 5.81. The molecule has 5 heterocycles. The number of nitrogens with one attached hydrogen (secondary N) is 1. The molecule has 1 aromatic carbocycles. The van der Waals surface area contributed by atoms with E-state index in [2.05, 4.69) is 25.2 Å². The zero-order chi connectivity index (χ0) is 20.2. The lowest BCUT2D eigenvalue weighted by Gasteiger charge is -2.28. The van der Waals surface area contributed by atoms with E-state index in [-0.39, 0.29) is 5.56 Å². The van der Waals surface area contributed by atoms with Gasteiger partial charge in [0.2, 0.25) is 0 Å². The van der Waals surface area contributed by atoms with E-state index in [1.165, 1.54) is 18.5 Å². The van der Waals surface area contributed by atoms with Crippen LogP contribution in [0.2, 0.25) is 0 Å². The van der Waals surface area contributed by atoms with Crippen molar-refractivity contribution >= 4 is 17.0 Å². The minimum atomic E-state index is -0.691. The Morgan fingerprint density at radius 3 is 2.70 bits per heavy atom. The summed E-state index contributed by atoms with van der Waals surface area (Å²) in [5.74, 6) is 0.358. The third kappa shape index (κ3) is 2.66. The first kappa shape index (κ1) is 17.4. The fraction of sp³-hybridized carbons (Fsp3) is 0.238. The number of benzene rings is 1. The average Bonchev–Trinajstić information content (AvgIpc) is 3.48. The Balaban J connectivity index is 1.57. The van der Waals surface area contributed by atoms with Crippen LogP contribution < -0.4 is 10.2 Å². The normalized spacial score (nSPS) is 20.4. The number of imidazole rings is 1. The molecule has 0 radical (unpaired) electrons. The molecular weight excluding hydrogens is 388 g/mol. The summed E-state index contributed by atoms with van der Waals surface area (Å²) in [6.45, 7) is 1.85. The van der Waals surface area contributed by atoms with E-state index in [0.29, 0.717) is 34.9 Å². The van der Waals surface area contributed by atoms with Gasteiger partial charge in [-0.3, -0.25) is 4.57 Å². The molecule has 0 saturated carbocycles. The number of aromatic nitrogens is 5. The quantitative estimate of drug-likeness (QED) is 0.565. The summed E-state index contributed by atoms with van der Waals surface area (Å²) in [5, 5.41) is 3.49. The van der Waals surface area contributed by atoms with Crippen molar-refractivity contribution in [1.82, 2.24) is 29.8 Å². The van der Waals surface area contributed by atoms with Crippen LogP contribution >= 0.6 is 0 Å². The smallest absolute Gasteiger partial charge is 0.168 e. The van der Waals surface area contributed by atoms with Crippen molar-refractivity contribution in [1.29, 1.82) is 0 Å². The first-order valence-electron chi connectivity index (χ1n) is 9.79. The summed E-state index contributed by atoms with van der Waals surface area (Å²) in [5.41, 5.74) is 1.36. The Morgan fingerprint density at radius 2 is 1.97 bits per heavy atom. The van der Waals surface area contributed by atoms with E-state index in [0.717, 1.165) is 31.4 Å². The number of pyridine rings is 1. The molecule has 2 unspecified atom stereocenters. The summed E-state index contributed by atoms with van der Waals surface area (Å²) in [7, 11) is 0. The van der Waals surface area contributed by atoms with E-state index in [9.17, 15) is 8.78 Å². The van der Waals surface area contributed by atoms with Gasteiger partial charge in [-0.2, -0.15) is 0 Å². The fourth-order valence-electron chi connectivity index (χ4n) is 4.43. The van der Waals surface area contributed by atoms with Gasteiger partial charge in [0.25, 0.3) is 0 Å². The molecule has 6 rings (SSSR count). The Kier molecular flexibility index (Phi) is 3.79. The Labute approximate surface area is 170 Å². The van der Waals surface area contributed by atoms with Crippen molar-refractivity contribution in [2.45, 2.75) is 18.5 Å². The van der Waals surface area contributed by atoms with Crippen molar-refractivity contribution in [2.75, 3.05) is 18.0 Å². The molecule has 1 N–H and O–H groups in total. The second-order valence-corrected chi connectivity index (χ2v) is 7.62. The highest BCUT2D eigenvalue weighted by atomic mass is 19.1. The topological polar surface area (TPSA) is 71.8 Å². The Bertz CT molecular complexity index is 1260. The van der Waals surface area contributed by atoms with Crippen LogP contribution in [0.4, 0.5) is 14.6 Å². The molecule has 3 aromatic heterocycles. The van der Waals surface area contributed by atoms with E-state index < -0.39 is 11.6 Å². The van der Waals surface area contributed by atoms with Crippen molar-refractivity contribution in [3.63, 3.8) is 0 Å². The maximum atomic E-state index is 14.6. The molecule has 0 aliphatic carbocycles. The van der Waals surface area contributed by atoms with Crippen LogP contribution in [-0.4, -0.2) is 49.7 Å².